The van der Waals surface area contributed by atoms with Crippen molar-refractivity contribution in [3.8, 4) is 0 Å². The lowest BCUT2D eigenvalue weighted by atomic mass is 10.4. The van der Waals surface area contributed by atoms with Gasteiger partial charge in [0, 0.05) is 6.54 Å². The number of hydrogen-bond donors (Lipinski definition) is 1. The lowest BCUT2D eigenvalue weighted by Gasteiger charge is -2.00. The quantitative estimate of drug-likeness (QED) is 0.562. The van der Waals surface area contributed by atoms with Crippen molar-refractivity contribution in [2.24, 2.45) is 5.73 Å². The molecule has 1 aromatic rings. The molecular weight excluding hydrogens is 162 g/mol. The van der Waals surface area contributed by atoms with Crippen molar-refractivity contribution in [3.05, 3.63) is 34.8 Å². The number of fused-ring (bicyclic) bond motifs is 3. The summed E-state index contributed by atoms with van der Waals surface area (Å²) in [6.45, 7) is 0.895. The minimum Gasteiger partial charge on any atom is -0.397 e. The zero-order valence-electron chi connectivity index (χ0n) is 7.07. The highest BCUT2D eigenvalue weighted by atomic mass is 15.1. The molecule has 1 aromatic heterocycles. The number of hydrogen-bond acceptors (Lipinski definition) is 2. The van der Waals surface area contributed by atoms with Crippen LogP contribution in [0.1, 0.15) is 5.69 Å². The molecule has 0 bridgehead atoms. The average Bonchev–Trinajstić information content (AvgIpc) is 2.67. The normalized spacial score (nSPS) is 17.1. The van der Waals surface area contributed by atoms with E-state index in [1.165, 1.54) is 0 Å². The van der Waals surface area contributed by atoms with Gasteiger partial charge in [-0.15, -0.1) is 0 Å². The maximum Gasteiger partial charge on any atom is 0.134 e. The first-order valence-corrected chi connectivity index (χ1v) is 4.27. The van der Waals surface area contributed by atoms with Gasteiger partial charge >= 0.3 is 0 Å². The summed E-state index contributed by atoms with van der Waals surface area (Å²) in [5.74, 6) is 0. The van der Waals surface area contributed by atoms with E-state index in [0.29, 0.717) is 0 Å². The highest BCUT2D eigenvalue weighted by Gasteiger charge is 2.12. The van der Waals surface area contributed by atoms with E-state index in [4.69, 9.17) is 5.73 Å². The van der Waals surface area contributed by atoms with Crippen molar-refractivity contribution in [1.29, 1.82) is 0 Å². The molecule has 2 N–H and O–H groups in total. The maximum atomic E-state index is 5.78. The smallest absolute Gasteiger partial charge is 0.134 e. The highest BCUT2D eigenvalue weighted by Crippen LogP contribution is 2.05. The largest absolute Gasteiger partial charge is 0.397 e. The van der Waals surface area contributed by atoms with Gasteiger partial charge in [-0.2, -0.15) is 0 Å². The van der Waals surface area contributed by atoms with Gasteiger partial charge in [0.25, 0.3) is 0 Å². The Bertz CT molecular complexity index is 543. The van der Waals surface area contributed by atoms with Gasteiger partial charge in [-0.3, -0.25) is 0 Å². The van der Waals surface area contributed by atoms with E-state index in [2.05, 4.69) is 15.6 Å². The van der Waals surface area contributed by atoms with Crippen LogP contribution in [0.25, 0.3) is 17.8 Å². The van der Waals surface area contributed by atoms with Crippen LogP contribution in [0.15, 0.2) is 18.2 Å². The Hall–Kier alpha value is -1.77. The molecule has 64 valence electrons. The van der Waals surface area contributed by atoms with Crippen LogP contribution in [-0.4, -0.2) is 9.55 Å². The van der Waals surface area contributed by atoms with E-state index >= 15 is 0 Å². The lowest BCUT2D eigenvalue weighted by molar-refractivity contribution is 0.758. The van der Waals surface area contributed by atoms with Crippen LogP contribution in [0, 0.1) is 0 Å². The summed E-state index contributed by atoms with van der Waals surface area (Å²) in [6.07, 6.45) is 10.1. The minimum atomic E-state index is 0.769. The molecule has 1 aliphatic heterocycles. The Morgan fingerprint density at radius 2 is 2.23 bits per heavy atom. The van der Waals surface area contributed by atoms with Gasteiger partial charge in [0.1, 0.15) is 11.2 Å². The van der Waals surface area contributed by atoms with Crippen LogP contribution < -0.4 is 16.6 Å². The number of nitrogens with zero attached hydrogens (tertiary/aromatic N) is 2. The Morgan fingerprint density at radius 1 is 1.31 bits per heavy atom. The summed E-state index contributed by atoms with van der Waals surface area (Å²) in [6, 6.07) is 0. The Labute approximate surface area is 75.2 Å². The summed E-state index contributed by atoms with van der Waals surface area (Å²) in [4.78, 5) is 4.44. The third-order valence-electron chi connectivity index (χ3n) is 2.40. The lowest BCUT2D eigenvalue weighted by Crippen LogP contribution is -2.28. The fraction of sp³-hybridized carbons (Fsp3) is 0.100. The van der Waals surface area contributed by atoms with Gasteiger partial charge in [-0.1, -0.05) is 12.2 Å². The highest BCUT2D eigenvalue weighted by molar-refractivity contribution is 5.73. The molecule has 0 unspecified atom stereocenters. The number of imidazole rings is 1. The summed E-state index contributed by atoms with van der Waals surface area (Å²) < 4.78 is 2.16. The van der Waals surface area contributed by atoms with Crippen molar-refractivity contribution < 1.29 is 0 Å². The number of nitrogens with two attached hydrogens (primary N) is 1. The third-order valence-corrected chi connectivity index (χ3v) is 2.40. The molecule has 0 saturated heterocycles. The predicted molar refractivity (Wildman–Crippen MR) is 51.7 cm³/mol. The molecule has 0 atom stereocenters. The fourth-order valence-corrected chi connectivity index (χ4v) is 1.75. The summed E-state index contributed by atoms with van der Waals surface area (Å²) >= 11 is 0. The summed E-state index contributed by atoms with van der Waals surface area (Å²) in [7, 11) is 0. The van der Waals surface area contributed by atoms with Crippen LogP contribution in [0.4, 0.5) is 0 Å². The molecule has 0 aromatic carbocycles. The molecule has 0 amide bonds. The summed E-state index contributed by atoms with van der Waals surface area (Å²) in [5.41, 5.74) is 8.47. The predicted octanol–water partition coefficient (Wildman–Crippen LogP) is -0.673. The molecular formula is C10H9N3. The molecule has 0 radical (unpaired) electrons. The number of allylic oxidation sites excluding steroid dienone is 3. The van der Waals surface area contributed by atoms with Crippen LogP contribution in [-0.2, 0) is 6.54 Å². The van der Waals surface area contributed by atoms with E-state index in [9.17, 15) is 0 Å². The standard InChI is InChI=1S/C10H9N3/c11-7-4-5-8-10(7)12-9-3-1-2-6-13(8)9/h1-5H,6,11H2. The van der Waals surface area contributed by atoms with Gasteiger partial charge in [-0.05, 0) is 18.2 Å². The molecule has 3 rings (SSSR count). The Kier molecular flexibility index (Phi) is 1.10. The molecule has 0 fully saturated rings. The van der Waals surface area contributed by atoms with Crippen LogP contribution >= 0.6 is 0 Å². The molecule has 1 aliphatic carbocycles. The van der Waals surface area contributed by atoms with Gasteiger partial charge in [0.2, 0.25) is 0 Å². The summed E-state index contributed by atoms with van der Waals surface area (Å²) in [5, 5.41) is 1.13. The van der Waals surface area contributed by atoms with E-state index < -0.39 is 0 Å². The van der Waals surface area contributed by atoms with Gasteiger partial charge in [0.15, 0.2) is 0 Å². The SMILES string of the molecule is NC1=CC=c2c1nc1n2CC=CC=1. The molecule has 3 nitrogen and oxygen atoms in total. The van der Waals surface area contributed by atoms with Crippen LogP contribution in [0.2, 0.25) is 0 Å². The fourth-order valence-electron chi connectivity index (χ4n) is 1.75. The van der Waals surface area contributed by atoms with Crippen molar-refractivity contribution in [1.82, 2.24) is 9.55 Å². The van der Waals surface area contributed by atoms with E-state index in [0.717, 1.165) is 28.8 Å². The number of aromatic nitrogens is 2. The molecule has 0 spiro atoms. The van der Waals surface area contributed by atoms with Crippen LogP contribution in [0.3, 0.4) is 0 Å². The second-order valence-corrected chi connectivity index (χ2v) is 3.20. The molecule has 2 heterocycles. The monoisotopic (exact) mass is 171 g/mol. The molecule has 2 aliphatic rings. The topological polar surface area (TPSA) is 43.8 Å². The zero-order valence-corrected chi connectivity index (χ0v) is 7.07. The molecule has 3 heteroatoms. The zero-order chi connectivity index (χ0) is 8.84. The van der Waals surface area contributed by atoms with Gasteiger partial charge in [0.05, 0.1) is 11.0 Å². The first-order valence-electron chi connectivity index (χ1n) is 4.27. The van der Waals surface area contributed by atoms with E-state index in [1.807, 2.05) is 24.3 Å². The van der Waals surface area contributed by atoms with Crippen molar-refractivity contribution in [3.63, 3.8) is 0 Å². The average molecular weight is 171 g/mol. The Balaban J connectivity index is 2.42. The third kappa shape index (κ3) is 0.758. The second kappa shape index (κ2) is 2.13. The van der Waals surface area contributed by atoms with Crippen molar-refractivity contribution >= 4 is 17.8 Å². The minimum absolute atomic E-state index is 0.769. The van der Waals surface area contributed by atoms with Crippen molar-refractivity contribution in [2.75, 3.05) is 0 Å². The molecule has 13 heavy (non-hydrogen) atoms. The van der Waals surface area contributed by atoms with E-state index in [-0.39, 0.29) is 0 Å². The first-order chi connectivity index (χ1) is 6.36. The Morgan fingerprint density at radius 3 is 3.15 bits per heavy atom. The number of rotatable bonds is 0. The first kappa shape index (κ1) is 6.71. The maximum absolute atomic E-state index is 5.78. The van der Waals surface area contributed by atoms with Gasteiger partial charge in [-0.25, -0.2) is 4.98 Å². The second-order valence-electron chi connectivity index (χ2n) is 3.20. The van der Waals surface area contributed by atoms with Gasteiger partial charge < -0.3 is 10.3 Å². The van der Waals surface area contributed by atoms with E-state index in [1.54, 1.807) is 0 Å². The van der Waals surface area contributed by atoms with Crippen molar-refractivity contribution in [2.45, 2.75) is 6.54 Å². The van der Waals surface area contributed by atoms with Crippen LogP contribution in [0.5, 0.6) is 0 Å². The molecule has 0 saturated carbocycles.